The average molecular weight is 558 g/mol. The van der Waals surface area contributed by atoms with Gasteiger partial charge in [-0.1, -0.05) is 54.5 Å². The number of carbonyl (C=O) groups is 2. The molecule has 1 N–H and O–H groups in total. The fourth-order valence-electron chi connectivity index (χ4n) is 1.42. The highest BCUT2D eigenvalue weighted by atomic mass is 127. The van der Waals surface area contributed by atoms with Crippen molar-refractivity contribution >= 4 is 67.0 Å². The SMILES string of the molecule is CI.COc1ccc(Br)cc1C=O.O=Cc1cc(Br)ccc1O. The summed E-state index contributed by atoms with van der Waals surface area (Å²) in [5.74, 6) is 0.612. The van der Waals surface area contributed by atoms with Crippen LogP contribution in [0, 0.1) is 0 Å². The van der Waals surface area contributed by atoms with Gasteiger partial charge in [-0.3, -0.25) is 9.59 Å². The lowest BCUT2D eigenvalue weighted by atomic mass is 10.2. The van der Waals surface area contributed by atoms with E-state index in [0.29, 0.717) is 23.2 Å². The maximum Gasteiger partial charge on any atom is 0.153 e. The predicted octanol–water partition coefficient (Wildman–Crippen LogP) is 5.29. The molecule has 0 saturated heterocycles. The van der Waals surface area contributed by atoms with E-state index in [1.54, 1.807) is 24.3 Å². The maximum atomic E-state index is 10.4. The van der Waals surface area contributed by atoms with Gasteiger partial charge in [0.25, 0.3) is 0 Å². The number of aromatic hydroxyl groups is 1. The Kier molecular flexibility index (Phi) is 12.0. The summed E-state index contributed by atoms with van der Waals surface area (Å²) >= 11 is 8.57. The molecule has 0 amide bonds. The van der Waals surface area contributed by atoms with Crippen LogP contribution in [0.15, 0.2) is 45.3 Å². The molecule has 7 heteroatoms. The number of hydrogen-bond donors (Lipinski definition) is 1. The zero-order chi connectivity index (χ0) is 17.8. The van der Waals surface area contributed by atoms with Crippen molar-refractivity contribution in [1.82, 2.24) is 0 Å². The number of rotatable bonds is 3. The van der Waals surface area contributed by atoms with Crippen molar-refractivity contribution in [3.63, 3.8) is 0 Å². The van der Waals surface area contributed by atoms with Crippen LogP contribution in [-0.2, 0) is 0 Å². The molecule has 0 saturated carbocycles. The van der Waals surface area contributed by atoms with Crippen molar-refractivity contribution in [3.05, 3.63) is 56.5 Å². The minimum Gasteiger partial charge on any atom is -0.507 e. The number of phenols is 1. The summed E-state index contributed by atoms with van der Waals surface area (Å²) < 4.78 is 6.60. The molecule has 0 unspecified atom stereocenters. The van der Waals surface area contributed by atoms with Crippen LogP contribution in [0.5, 0.6) is 11.5 Å². The molecule has 2 aromatic carbocycles. The fourth-order valence-corrected chi connectivity index (χ4v) is 2.17. The van der Waals surface area contributed by atoms with Crippen LogP contribution in [0.4, 0.5) is 0 Å². The first-order valence-electron chi connectivity index (χ1n) is 6.12. The third-order valence-electron chi connectivity index (χ3n) is 2.44. The van der Waals surface area contributed by atoms with Gasteiger partial charge in [0, 0.05) is 8.95 Å². The molecular formula is C16H15Br2IO4. The number of carbonyl (C=O) groups excluding carboxylic acids is 2. The van der Waals surface area contributed by atoms with E-state index in [2.05, 4.69) is 54.5 Å². The van der Waals surface area contributed by atoms with E-state index in [-0.39, 0.29) is 5.75 Å². The topological polar surface area (TPSA) is 63.6 Å². The van der Waals surface area contributed by atoms with Crippen LogP contribution in [0.25, 0.3) is 0 Å². The standard InChI is InChI=1S/C8H7BrO2.C7H5BrO2.CH3I/c1-11-8-3-2-7(9)4-6(8)5-10;8-6-1-2-7(10)5(3-6)4-9;1-2/h2-5H,1H3;1-4,10H;1H3. The lowest BCUT2D eigenvalue weighted by Gasteiger charge is -2.01. The summed E-state index contributed by atoms with van der Waals surface area (Å²) in [5, 5.41) is 8.98. The van der Waals surface area contributed by atoms with Gasteiger partial charge in [0.15, 0.2) is 12.6 Å². The first-order valence-corrected chi connectivity index (χ1v) is 9.86. The maximum absolute atomic E-state index is 10.4. The second-order valence-electron chi connectivity index (χ2n) is 3.83. The van der Waals surface area contributed by atoms with Crippen molar-refractivity contribution in [3.8, 4) is 11.5 Å². The smallest absolute Gasteiger partial charge is 0.153 e. The molecule has 124 valence electrons. The van der Waals surface area contributed by atoms with E-state index in [1.165, 1.54) is 13.2 Å². The number of aldehydes is 2. The normalized spacial score (nSPS) is 8.74. The van der Waals surface area contributed by atoms with Gasteiger partial charge in [0.1, 0.15) is 11.5 Å². The van der Waals surface area contributed by atoms with Crippen molar-refractivity contribution in [1.29, 1.82) is 0 Å². The number of benzene rings is 2. The van der Waals surface area contributed by atoms with Crippen molar-refractivity contribution in [2.75, 3.05) is 12.0 Å². The monoisotopic (exact) mass is 556 g/mol. The van der Waals surface area contributed by atoms with Gasteiger partial charge in [-0.2, -0.15) is 0 Å². The van der Waals surface area contributed by atoms with Crippen molar-refractivity contribution in [2.45, 2.75) is 0 Å². The Labute approximate surface area is 165 Å². The molecule has 0 atom stereocenters. The van der Waals surface area contributed by atoms with Gasteiger partial charge < -0.3 is 9.84 Å². The third kappa shape index (κ3) is 7.94. The Bertz CT molecular complexity index is 648. The molecule has 2 rings (SSSR count). The molecule has 0 aromatic heterocycles. The number of phenolic OH excluding ortho intramolecular Hbond substituents is 1. The van der Waals surface area contributed by atoms with Crippen LogP contribution in [0.2, 0.25) is 0 Å². The molecule has 4 nitrogen and oxygen atoms in total. The molecule has 0 aliphatic heterocycles. The number of halogens is 3. The van der Waals surface area contributed by atoms with E-state index in [1.807, 2.05) is 11.0 Å². The van der Waals surface area contributed by atoms with Crippen LogP contribution < -0.4 is 4.74 Å². The first-order chi connectivity index (χ1) is 11.0. The first kappa shape index (κ1) is 22.1. The number of alkyl halides is 1. The molecule has 0 heterocycles. The van der Waals surface area contributed by atoms with Crippen LogP contribution in [0.3, 0.4) is 0 Å². The Morgan fingerprint density at radius 3 is 1.87 bits per heavy atom. The molecule has 0 spiro atoms. The van der Waals surface area contributed by atoms with Crippen LogP contribution in [0.1, 0.15) is 20.7 Å². The molecule has 0 aliphatic rings. The number of methoxy groups -OCH3 is 1. The molecule has 0 fully saturated rings. The highest BCUT2D eigenvalue weighted by Gasteiger charge is 2.00. The highest BCUT2D eigenvalue weighted by Crippen LogP contribution is 2.21. The third-order valence-corrected chi connectivity index (χ3v) is 3.42. The fraction of sp³-hybridized carbons (Fsp3) is 0.125. The summed E-state index contributed by atoms with van der Waals surface area (Å²) in [5.41, 5.74) is 0.858. The quantitative estimate of drug-likeness (QED) is 0.316. The Morgan fingerprint density at radius 1 is 0.957 bits per heavy atom. The van der Waals surface area contributed by atoms with Gasteiger partial charge in [-0.05, 0) is 41.3 Å². The lowest BCUT2D eigenvalue weighted by Crippen LogP contribution is -1.89. The van der Waals surface area contributed by atoms with E-state index in [4.69, 9.17) is 9.84 Å². The summed E-state index contributed by atoms with van der Waals surface area (Å²) in [7, 11) is 1.54. The van der Waals surface area contributed by atoms with Gasteiger partial charge >= 0.3 is 0 Å². The zero-order valence-corrected chi connectivity index (χ0v) is 17.8. The van der Waals surface area contributed by atoms with E-state index in [0.717, 1.165) is 15.2 Å². The van der Waals surface area contributed by atoms with Crippen molar-refractivity contribution in [2.24, 2.45) is 0 Å². The Balaban J connectivity index is 0.000000381. The molecule has 23 heavy (non-hydrogen) atoms. The second kappa shape index (κ2) is 12.5. The van der Waals surface area contributed by atoms with Gasteiger partial charge in [0.2, 0.25) is 0 Å². The average Bonchev–Trinajstić information content (AvgIpc) is 2.59. The largest absolute Gasteiger partial charge is 0.507 e. The molecule has 0 aliphatic carbocycles. The Morgan fingerprint density at radius 2 is 1.43 bits per heavy atom. The van der Waals surface area contributed by atoms with Gasteiger partial charge in [-0.25, -0.2) is 0 Å². The summed E-state index contributed by atoms with van der Waals surface area (Å²) in [6, 6.07) is 9.98. The van der Waals surface area contributed by atoms with Gasteiger partial charge in [0.05, 0.1) is 18.2 Å². The number of ether oxygens (including phenoxy) is 1. The molecule has 2 aromatic rings. The summed E-state index contributed by atoms with van der Waals surface area (Å²) in [6.07, 6.45) is 1.38. The Hall–Kier alpha value is -0.930. The minimum atomic E-state index is 0.0122. The van der Waals surface area contributed by atoms with Crippen molar-refractivity contribution < 1.29 is 19.4 Å². The molecule has 0 radical (unpaired) electrons. The van der Waals surface area contributed by atoms with Crippen LogP contribution >= 0.6 is 54.5 Å². The minimum absolute atomic E-state index is 0.0122. The molecule has 0 bridgehead atoms. The summed E-state index contributed by atoms with van der Waals surface area (Å²) in [4.78, 5) is 22.6. The highest BCUT2D eigenvalue weighted by molar-refractivity contribution is 14.1. The predicted molar refractivity (Wildman–Crippen MR) is 107 cm³/mol. The van der Waals surface area contributed by atoms with E-state index >= 15 is 0 Å². The molecular weight excluding hydrogens is 543 g/mol. The zero-order valence-electron chi connectivity index (χ0n) is 12.4. The second-order valence-corrected chi connectivity index (χ2v) is 5.66. The van der Waals surface area contributed by atoms with E-state index < -0.39 is 0 Å². The van der Waals surface area contributed by atoms with Gasteiger partial charge in [-0.15, -0.1) is 0 Å². The lowest BCUT2D eigenvalue weighted by molar-refractivity contribution is 0.111. The summed E-state index contributed by atoms with van der Waals surface area (Å²) in [6.45, 7) is 0. The van der Waals surface area contributed by atoms with Crippen LogP contribution in [-0.4, -0.2) is 29.7 Å². The number of hydrogen-bond acceptors (Lipinski definition) is 4. The van der Waals surface area contributed by atoms with E-state index in [9.17, 15) is 9.59 Å².